The van der Waals surface area contributed by atoms with Crippen molar-refractivity contribution in [2.45, 2.75) is 38.0 Å². The third kappa shape index (κ3) is 5.06. The molecule has 2 aromatic carbocycles. The van der Waals surface area contributed by atoms with Gasteiger partial charge in [-0.2, -0.15) is 13.2 Å². The highest BCUT2D eigenvalue weighted by molar-refractivity contribution is 5.68. The van der Waals surface area contributed by atoms with Gasteiger partial charge < -0.3 is 5.73 Å². The van der Waals surface area contributed by atoms with Crippen molar-refractivity contribution < 1.29 is 13.2 Å². The molecule has 0 saturated carbocycles. The molecule has 1 aliphatic heterocycles. The highest BCUT2D eigenvalue weighted by Gasteiger charge is 2.28. The van der Waals surface area contributed by atoms with Crippen LogP contribution in [0.4, 0.5) is 13.2 Å². The normalized spacial score (nSPS) is 17.0. The molecule has 1 fully saturated rings. The van der Waals surface area contributed by atoms with E-state index in [1.165, 1.54) is 0 Å². The zero-order chi connectivity index (χ0) is 17.9. The third-order valence-corrected chi connectivity index (χ3v) is 4.68. The SMILES string of the molecule is NC1CCN(Cc2cccc(-c3ccccc3CC(F)(F)F)c2)CC1. The lowest BCUT2D eigenvalue weighted by molar-refractivity contribution is -0.127. The lowest BCUT2D eigenvalue weighted by Gasteiger charge is -2.30. The van der Waals surface area contributed by atoms with E-state index in [-0.39, 0.29) is 6.04 Å². The van der Waals surface area contributed by atoms with E-state index in [1.54, 1.807) is 24.3 Å². The number of hydrogen-bond donors (Lipinski definition) is 1. The molecular formula is C20H23F3N2. The monoisotopic (exact) mass is 348 g/mol. The van der Waals surface area contributed by atoms with Crippen LogP contribution in [-0.2, 0) is 13.0 Å². The number of halogens is 3. The molecule has 25 heavy (non-hydrogen) atoms. The van der Waals surface area contributed by atoms with Crippen molar-refractivity contribution in [1.29, 1.82) is 0 Å². The van der Waals surface area contributed by atoms with Crippen LogP contribution in [0.15, 0.2) is 48.5 Å². The number of nitrogens with zero attached hydrogens (tertiary/aromatic N) is 1. The van der Waals surface area contributed by atoms with Gasteiger partial charge in [0.15, 0.2) is 0 Å². The largest absolute Gasteiger partial charge is 0.393 e. The van der Waals surface area contributed by atoms with Gasteiger partial charge in [-0.25, -0.2) is 0 Å². The highest BCUT2D eigenvalue weighted by atomic mass is 19.4. The van der Waals surface area contributed by atoms with Gasteiger partial charge in [0.25, 0.3) is 0 Å². The zero-order valence-electron chi connectivity index (χ0n) is 14.1. The van der Waals surface area contributed by atoms with Crippen LogP contribution in [0.3, 0.4) is 0 Å². The summed E-state index contributed by atoms with van der Waals surface area (Å²) < 4.78 is 38.5. The van der Waals surface area contributed by atoms with Gasteiger partial charge in [-0.05, 0) is 54.3 Å². The Balaban J connectivity index is 1.80. The molecule has 1 aliphatic rings. The van der Waals surface area contributed by atoms with E-state index in [1.807, 2.05) is 24.3 Å². The zero-order valence-corrected chi connectivity index (χ0v) is 14.1. The number of nitrogens with two attached hydrogens (primary N) is 1. The van der Waals surface area contributed by atoms with Crippen LogP contribution in [0.2, 0.25) is 0 Å². The van der Waals surface area contributed by atoms with Crippen LogP contribution in [0.25, 0.3) is 11.1 Å². The Hall–Kier alpha value is -1.85. The Bertz CT molecular complexity index is 704. The summed E-state index contributed by atoms with van der Waals surface area (Å²) in [6.07, 6.45) is -3.13. The second-order valence-electron chi connectivity index (χ2n) is 6.76. The molecule has 0 spiro atoms. The van der Waals surface area contributed by atoms with Crippen molar-refractivity contribution in [3.63, 3.8) is 0 Å². The van der Waals surface area contributed by atoms with Crippen LogP contribution >= 0.6 is 0 Å². The first-order valence-electron chi connectivity index (χ1n) is 8.62. The topological polar surface area (TPSA) is 29.3 Å². The minimum Gasteiger partial charge on any atom is -0.328 e. The molecule has 5 heteroatoms. The average molecular weight is 348 g/mol. The number of benzene rings is 2. The molecule has 0 radical (unpaired) electrons. The van der Waals surface area contributed by atoms with Gasteiger partial charge in [0, 0.05) is 12.6 Å². The van der Waals surface area contributed by atoms with Gasteiger partial charge in [0.2, 0.25) is 0 Å². The van der Waals surface area contributed by atoms with Gasteiger partial charge in [0.05, 0.1) is 6.42 Å². The summed E-state index contributed by atoms with van der Waals surface area (Å²) in [7, 11) is 0. The minimum atomic E-state index is -4.21. The first kappa shape index (κ1) is 18.0. The maximum atomic E-state index is 12.8. The van der Waals surface area contributed by atoms with Crippen molar-refractivity contribution in [1.82, 2.24) is 4.90 Å². The predicted octanol–water partition coefficient (Wildman–Crippen LogP) is 4.38. The van der Waals surface area contributed by atoms with Crippen LogP contribution in [0.1, 0.15) is 24.0 Å². The van der Waals surface area contributed by atoms with E-state index in [9.17, 15) is 13.2 Å². The molecule has 2 N–H and O–H groups in total. The van der Waals surface area contributed by atoms with Gasteiger partial charge in [-0.1, -0.05) is 42.5 Å². The summed E-state index contributed by atoms with van der Waals surface area (Å²) in [4.78, 5) is 2.35. The highest BCUT2D eigenvalue weighted by Crippen LogP contribution is 2.30. The quantitative estimate of drug-likeness (QED) is 0.888. The second kappa shape index (κ2) is 7.58. The Morgan fingerprint density at radius 3 is 2.44 bits per heavy atom. The summed E-state index contributed by atoms with van der Waals surface area (Å²) >= 11 is 0. The van der Waals surface area contributed by atoms with E-state index in [0.717, 1.165) is 43.6 Å². The standard InChI is InChI=1S/C20H23F3N2/c21-20(22,23)13-17-5-1-2-7-19(17)16-6-3-4-15(12-16)14-25-10-8-18(24)9-11-25/h1-7,12,18H,8-11,13-14,24H2. The average Bonchev–Trinajstić information content (AvgIpc) is 2.56. The third-order valence-electron chi connectivity index (χ3n) is 4.68. The Kier molecular flexibility index (Phi) is 5.45. The molecule has 1 heterocycles. The number of hydrogen-bond acceptors (Lipinski definition) is 2. The number of piperidine rings is 1. The van der Waals surface area contributed by atoms with Crippen LogP contribution < -0.4 is 5.73 Å². The molecule has 3 rings (SSSR count). The molecule has 1 saturated heterocycles. The number of alkyl halides is 3. The molecule has 0 aliphatic carbocycles. The Morgan fingerprint density at radius 1 is 1.00 bits per heavy atom. The van der Waals surface area contributed by atoms with Crippen LogP contribution in [-0.4, -0.2) is 30.2 Å². The van der Waals surface area contributed by atoms with Gasteiger partial charge >= 0.3 is 6.18 Å². The fraction of sp³-hybridized carbons (Fsp3) is 0.400. The van der Waals surface area contributed by atoms with Crippen LogP contribution in [0.5, 0.6) is 0 Å². The molecule has 2 aromatic rings. The van der Waals surface area contributed by atoms with Crippen molar-refractivity contribution in [3.8, 4) is 11.1 Å². The predicted molar refractivity (Wildman–Crippen MR) is 94.1 cm³/mol. The first-order valence-corrected chi connectivity index (χ1v) is 8.62. The van der Waals surface area contributed by atoms with E-state index in [2.05, 4.69) is 4.90 Å². The Morgan fingerprint density at radius 2 is 1.72 bits per heavy atom. The van der Waals surface area contributed by atoms with E-state index in [0.29, 0.717) is 11.1 Å². The van der Waals surface area contributed by atoms with Crippen molar-refractivity contribution in [3.05, 3.63) is 59.7 Å². The fourth-order valence-electron chi connectivity index (χ4n) is 3.38. The lowest BCUT2D eigenvalue weighted by atomic mass is 9.96. The minimum absolute atomic E-state index is 0.289. The summed E-state index contributed by atoms with van der Waals surface area (Å²) in [5.41, 5.74) is 8.87. The molecule has 0 unspecified atom stereocenters. The summed E-state index contributed by atoms with van der Waals surface area (Å²) in [5.74, 6) is 0. The molecule has 0 bridgehead atoms. The van der Waals surface area contributed by atoms with Crippen molar-refractivity contribution in [2.24, 2.45) is 5.73 Å². The molecular weight excluding hydrogens is 325 g/mol. The first-order chi connectivity index (χ1) is 11.9. The smallest absolute Gasteiger partial charge is 0.328 e. The van der Waals surface area contributed by atoms with E-state index >= 15 is 0 Å². The maximum absolute atomic E-state index is 12.8. The van der Waals surface area contributed by atoms with Gasteiger partial charge in [-0.3, -0.25) is 4.90 Å². The second-order valence-corrected chi connectivity index (χ2v) is 6.76. The van der Waals surface area contributed by atoms with Crippen molar-refractivity contribution >= 4 is 0 Å². The van der Waals surface area contributed by atoms with Gasteiger partial charge in [-0.15, -0.1) is 0 Å². The number of rotatable bonds is 4. The fourth-order valence-corrected chi connectivity index (χ4v) is 3.38. The summed E-state index contributed by atoms with van der Waals surface area (Å²) in [5, 5.41) is 0. The maximum Gasteiger partial charge on any atom is 0.393 e. The van der Waals surface area contributed by atoms with Crippen LogP contribution in [0, 0.1) is 0 Å². The summed E-state index contributed by atoms with van der Waals surface area (Å²) in [6, 6.07) is 14.9. The van der Waals surface area contributed by atoms with Crippen molar-refractivity contribution in [2.75, 3.05) is 13.1 Å². The number of likely N-dealkylation sites (tertiary alicyclic amines) is 1. The lowest BCUT2D eigenvalue weighted by Crippen LogP contribution is -2.39. The Labute approximate surface area is 146 Å². The molecule has 0 atom stereocenters. The molecule has 2 nitrogen and oxygen atoms in total. The summed E-state index contributed by atoms with van der Waals surface area (Å²) in [6.45, 7) is 2.74. The molecule has 134 valence electrons. The van der Waals surface area contributed by atoms with E-state index < -0.39 is 12.6 Å². The van der Waals surface area contributed by atoms with E-state index in [4.69, 9.17) is 5.73 Å². The van der Waals surface area contributed by atoms with Gasteiger partial charge in [0.1, 0.15) is 0 Å². The molecule has 0 aromatic heterocycles. The molecule has 0 amide bonds.